The highest BCUT2D eigenvalue weighted by Crippen LogP contribution is 2.22. The number of aromatic nitrogens is 2. The van der Waals surface area contributed by atoms with Gasteiger partial charge in [-0.3, -0.25) is 0 Å². The Morgan fingerprint density at radius 1 is 1.26 bits per heavy atom. The first-order chi connectivity index (χ1) is 8.74. The normalized spacial score (nSPS) is 11.4. The maximum absolute atomic E-state index is 11.2. The molecule has 0 spiro atoms. The van der Waals surface area contributed by atoms with E-state index in [0.717, 1.165) is 23.7 Å². The lowest BCUT2D eigenvalue weighted by atomic mass is 10.3. The summed E-state index contributed by atoms with van der Waals surface area (Å²) in [6.45, 7) is 6.97. The summed E-state index contributed by atoms with van der Waals surface area (Å²) in [7, 11) is -1.13. The van der Waals surface area contributed by atoms with Crippen molar-refractivity contribution < 1.29 is 8.42 Å². The molecular weight excluding hydrogens is 264 g/mol. The Hall–Kier alpha value is -1.37. The van der Waals surface area contributed by atoms with E-state index in [1.165, 1.54) is 6.26 Å². The van der Waals surface area contributed by atoms with Crippen LogP contribution in [-0.2, 0) is 9.84 Å². The third-order valence-electron chi connectivity index (χ3n) is 2.74. The molecule has 0 amide bonds. The van der Waals surface area contributed by atoms with E-state index >= 15 is 0 Å². The lowest BCUT2D eigenvalue weighted by Crippen LogP contribution is -2.27. The van der Waals surface area contributed by atoms with Crippen LogP contribution in [0.1, 0.15) is 18.3 Å². The Balaban J connectivity index is 2.99. The van der Waals surface area contributed by atoms with Gasteiger partial charge in [-0.2, -0.15) is 0 Å². The fourth-order valence-electron chi connectivity index (χ4n) is 1.73. The van der Waals surface area contributed by atoms with Gasteiger partial charge in [-0.05, 0) is 20.8 Å². The van der Waals surface area contributed by atoms with E-state index in [-0.39, 0.29) is 5.75 Å². The molecule has 0 atom stereocenters. The number of hydrogen-bond acceptors (Lipinski definition) is 6. The van der Waals surface area contributed by atoms with E-state index in [1.54, 1.807) is 0 Å². The molecule has 108 valence electrons. The molecule has 1 heterocycles. The van der Waals surface area contributed by atoms with Crippen LogP contribution in [-0.4, -0.2) is 50.5 Å². The van der Waals surface area contributed by atoms with E-state index in [2.05, 4.69) is 15.3 Å². The number of anilines is 2. The molecule has 0 aliphatic rings. The second kappa shape index (κ2) is 6.18. The molecule has 0 bridgehead atoms. The summed E-state index contributed by atoms with van der Waals surface area (Å²) in [6.07, 6.45) is 1.24. The van der Waals surface area contributed by atoms with Crippen LogP contribution in [0, 0.1) is 13.8 Å². The zero-order chi connectivity index (χ0) is 14.6. The lowest BCUT2D eigenvalue weighted by Gasteiger charge is -2.21. The number of nitrogens with zero attached hydrogens (tertiary/aromatic N) is 3. The topological polar surface area (TPSA) is 75.2 Å². The maximum atomic E-state index is 11.2. The summed E-state index contributed by atoms with van der Waals surface area (Å²) >= 11 is 0. The van der Waals surface area contributed by atoms with Crippen molar-refractivity contribution in [1.29, 1.82) is 0 Å². The van der Waals surface area contributed by atoms with Gasteiger partial charge in [0.2, 0.25) is 0 Å². The molecule has 1 aromatic heterocycles. The fraction of sp³-hybridized carbons (Fsp3) is 0.667. The summed E-state index contributed by atoms with van der Waals surface area (Å²) in [4.78, 5) is 10.6. The number of hydrogen-bond donors (Lipinski definition) is 1. The van der Waals surface area contributed by atoms with Crippen molar-refractivity contribution in [1.82, 2.24) is 9.97 Å². The zero-order valence-corrected chi connectivity index (χ0v) is 13.0. The molecule has 0 unspecified atom stereocenters. The summed E-state index contributed by atoms with van der Waals surface area (Å²) in [6, 6.07) is 0. The van der Waals surface area contributed by atoms with Crippen LogP contribution in [0.25, 0.3) is 0 Å². The summed E-state index contributed by atoms with van der Waals surface area (Å²) in [5.74, 6) is 2.36. The van der Waals surface area contributed by atoms with Crippen LogP contribution in [0.3, 0.4) is 0 Å². The molecule has 0 radical (unpaired) electrons. The molecule has 19 heavy (non-hydrogen) atoms. The molecule has 0 fully saturated rings. The minimum atomic E-state index is -2.97. The van der Waals surface area contributed by atoms with Gasteiger partial charge in [0.15, 0.2) is 0 Å². The predicted molar refractivity (Wildman–Crippen MR) is 78.7 cm³/mol. The zero-order valence-electron chi connectivity index (χ0n) is 12.2. The van der Waals surface area contributed by atoms with Gasteiger partial charge >= 0.3 is 0 Å². The Labute approximate surface area is 115 Å². The van der Waals surface area contributed by atoms with Gasteiger partial charge in [0, 0.05) is 32.0 Å². The standard InChI is InChI=1S/C12H22N4O2S/c1-6-13-11-9(2)12(15-10(3)14-11)16(4)7-8-19(5,17)18/h6-8H2,1-5H3,(H,13,14,15). The average Bonchev–Trinajstić information content (AvgIpc) is 2.29. The van der Waals surface area contributed by atoms with Crippen LogP contribution in [0.2, 0.25) is 0 Å². The van der Waals surface area contributed by atoms with Crippen LogP contribution in [0.4, 0.5) is 11.6 Å². The van der Waals surface area contributed by atoms with Gasteiger partial charge in [0.25, 0.3) is 0 Å². The Morgan fingerprint density at radius 2 is 1.89 bits per heavy atom. The average molecular weight is 286 g/mol. The quantitative estimate of drug-likeness (QED) is 0.841. The first kappa shape index (κ1) is 15.7. The van der Waals surface area contributed by atoms with Gasteiger partial charge in [-0.15, -0.1) is 0 Å². The highest BCUT2D eigenvalue weighted by molar-refractivity contribution is 7.90. The molecule has 1 rings (SSSR count). The minimum Gasteiger partial charge on any atom is -0.370 e. The lowest BCUT2D eigenvalue weighted by molar-refractivity contribution is 0.601. The molecule has 0 aliphatic carbocycles. The summed E-state index contributed by atoms with van der Waals surface area (Å²) in [5, 5.41) is 3.19. The third kappa shape index (κ3) is 4.66. The van der Waals surface area contributed by atoms with Gasteiger partial charge in [0.05, 0.1) is 5.75 Å². The van der Waals surface area contributed by atoms with Gasteiger partial charge in [0.1, 0.15) is 27.3 Å². The smallest absolute Gasteiger partial charge is 0.149 e. The third-order valence-corrected chi connectivity index (χ3v) is 3.66. The van der Waals surface area contributed by atoms with Crippen LogP contribution < -0.4 is 10.2 Å². The molecule has 0 aliphatic heterocycles. The summed E-state index contributed by atoms with van der Waals surface area (Å²) < 4.78 is 22.4. The highest BCUT2D eigenvalue weighted by atomic mass is 32.2. The van der Waals surface area contributed by atoms with Gasteiger partial charge in [-0.1, -0.05) is 0 Å². The molecule has 0 aromatic carbocycles. The van der Waals surface area contributed by atoms with Crippen molar-refractivity contribution in [3.05, 3.63) is 11.4 Å². The molecule has 1 aromatic rings. The first-order valence-corrected chi connectivity index (χ1v) is 8.28. The van der Waals surface area contributed by atoms with Crippen molar-refractivity contribution in [3.8, 4) is 0 Å². The molecular formula is C12H22N4O2S. The van der Waals surface area contributed by atoms with Crippen LogP contribution in [0.15, 0.2) is 0 Å². The van der Waals surface area contributed by atoms with E-state index in [0.29, 0.717) is 12.4 Å². The highest BCUT2D eigenvalue weighted by Gasteiger charge is 2.14. The number of rotatable bonds is 6. The van der Waals surface area contributed by atoms with Crippen LogP contribution in [0.5, 0.6) is 0 Å². The van der Waals surface area contributed by atoms with Crippen molar-refractivity contribution in [2.24, 2.45) is 0 Å². The number of nitrogens with one attached hydrogen (secondary N) is 1. The molecule has 0 saturated heterocycles. The minimum absolute atomic E-state index is 0.114. The van der Waals surface area contributed by atoms with Crippen molar-refractivity contribution in [2.45, 2.75) is 20.8 Å². The predicted octanol–water partition coefficient (Wildman–Crippen LogP) is 1.01. The molecule has 0 saturated carbocycles. The summed E-state index contributed by atoms with van der Waals surface area (Å²) in [5.41, 5.74) is 0.934. The molecule has 1 N–H and O–H groups in total. The van der Waals surface area contributed by atoms with E-state index in [4.69, 9.17) is 0 Å². The SMILES string of the molecule is CCNc1nc(C)nc(N(C)CCS(C)(=O)=O)c1C. The number of sulfone groups is 1. The second-order valence-electron chi connectivity index (χ2n) is 4.65. The van der Waals surface area contributed by atoms with Crippen molar-refractivity contribution >= 4 is 21.5 Å². The maximum Gasteiger partial charge on any atom is 0.149 e. The van der Waals surface area contributed by atoms with Gasteiger partial charge in [-0.25, -0.2) is 18.4 Å². The second-order valence-corrected chi connectivity index (χ2v) is 6.91. The fourth-order valence-corrected chi connectivity index (χ4v) is 2.34. The Bertz CT molecular complexity index is 543. The largest absolute Gasteiger partial charge is 0.370 e. The van der Waals surface area contributed by atoms with E-state index in [9.17, 15) is 8.42 Å². The van der Waals surface area contributed by atoms with Crippen molar-refractivity contribution in [2.75, 3.05) is 42.4 Å². The van der Waals surface area contributed by atoms with Crippen LogP contribution >= 0.6 is 0 Å². The first-order valence-electron chi connectivity index (χ1n) is 6.22. The number of aryl methyl sites for hydroxylation is 1. The Morgan fingerprint density at radius 3 is 2.42 bits per heavy atom. The van der Waals surface area contributed by atoms with E-state index < -0.39 is 9.84 Å². The molecule has 6 nitrogen and oxygen atoms in total. The van der Waals surface area contributed by atoms with E-state index in [1.807, 2.05) is 32.7 Å². The van der Waals surface area contributed by atoms with Gasteiger partial charge < -0.3 is 10.2 Å². The monoisotopic (exact) mass is 286 g/mol. The Kier molecular flexibility index (Phi) is 5.11. The molecule has 7 heteroatoms. The van der Waals surface area contributed by atoms with Crippen molar-refractivity contribution in [3.63, 3.8) is 0 Å².